The van der Waals surface area contributed by atoms with Crippen LogP contribution in [0.2, 0.25) is 0 Å². The number of hydrogen-bond donors (Lipinski definition) is 2. The summed E-state index contributed by atoms with van der Waals surface area (Å²) in [6.07, 6.45) is 5.44. The molecule has 0 bridgehead atoms. The van der Waals surface area contributed by atoms with E-state index in [9.17, 15) is 13.2 Å². The Balaban J connectivity index is 2.13. The van der Waals surface area contributed by atoms with E-state index in [1.165, 1.54) is 25.7 Å². The Bertz CT molecular complexity index is 667. The van der Waals surface area contributed by atoms with E-state index in [1.54, 1.807) is 6.07 Å². The summed E-state index contributed by atoms with van der Waals surface area (Å²) in [4.78, 5) is 12.6. The Hall–Kier alpha value is -1.44. The molecule has 2 N–H and O–H groups in total. The summed E-state index contributed by atoms with van der Waals surface area (Å²) in [5, 5.41) is 3.03. The highest BCUT2D eigenvalue weighted by Gasteiger charge is 2.20. The van der Waals surface area contributed by atoms with Crippen LogP contribution in [0.25, 0.3) is 0 Å². The number of amides is 1. The van der Waals surface area contributed by atoms with Crippen LogP contribution in [-0.4, -0.2) is 40.6 Å². The second-order valence-electron chi connectivity index (χ2n) is 6.18. The fourth-order valence-electron chi connectivity index (χ4n) is 2.88. The number of carbonyl (C=O) groups is 1. The number of ether oxygens (including phenoxy) is 1. The van der Waals surface area contributed by atoms with Crippen molar-refractivity contribution >= 4 is 15.9 Å². The monoisotopic (exact) mass is 354 g/mol. The van der Waals surface area contributed by atoms with Crippen molar-refractivity contribution in [1.29, 1.82) is 0 Å². The molecule has 0 radical (unpaired) electrons. The zero-order valence-electron chi connectivity index (χ0n) is 14.3. The lowest BCUT2D eigenvalue weighted by molar-refractivity contribution is 0.0927. The SMILES string of the molecule is COCCNS(=O)(=O)c1ccc(C)c(C(=O)NC2CCCCC2)c1. The molecule has 0 spiro atoms. The van der Waals surface area contributed by atoms with Gasteiger partial charge in [0.2, 0.25) is 10.0 Å². The number of aryl methyl sites for hydroxylation is 1. The first-order valence-electron chi connectivity index (χ1n) is 8.34. The van der Waals surface area contributed by atoms with Crippen molar-refractivity contribution in [1.82, 2.24) is 10.0 Å². The zero-order valence-corrected chi connectivity index (χ0v) is 15.1. The van der Waals surface area contributed by atoms with Gasteiger partial charge in [-0.25, -0.2) is 13.1 Å². The molecule has 1 fully saturated rings. The van der Waals surface area contributed by atoms with Gasteiger partial charge in [-0.3, -0.25) is 4.79 Å². The molecule has 0 aliphatic heterocycles. The summed E-state index contributed by atoms with van der Waals surface area (Å²) in [7, 11) is -2.14. The van der Waals surface area contributed by atoms with E-state index in [-0.39, 0.29) is 23.4 Å². The predicted octanol–water partition coefficient (Wildman–Crippen LogP) is 1.98. The Kier molecular flexibility index (Phi) is 6.77. The minimum atomic E-state index is -3.65. The number of nitrogens with one attached hydrogen (secondary N) is 2. The van der Waals surface area contributed by atoms with E-state index in [1.807, 2.05) is 6.92 Å². The molecular formula is C17H26N2O4S. The first-order chi connectivity index (χ1) is 11.4. The van der Waals surface area contributed by atoms with Crippen molar-refractivity contribution in [3.05, 3.63) is 29.3 Å². The van der Waals surface area contributed by atoms with Gasteiger partial charge < -0.3 is 10.1 Å². The highest BCUT2D eigenvalue weighted by molar-refractivity contribution is 7.89. The normalized spacial score (nSPS) is 16.1. The standard InChI is InChI=1S/C17H26N2O4S/c1-13-8-9-15(24(21,22)18-10-11-23-2)12-16(13)17(20)19-14-6-4-3-5-7-14/h8-9,12,14,18H,3-7,10-11H2,1-2H3,(H,19,20). The molecule has 0 saturated heterocycles. The fraction of sp³-hybridized carbons (Fsp3) is 0.588. The van der Waals surface area contributed by atoms with Crippen molar-refractivity contribution in [3.63, 3.8) is 0 Å². The lowest BCUT2D eigenvalue weighted by Gasteiger charge is -2.23. The summed E-state index contributed by atoms with van der Waals surface area (Å²) in [5.41, 5.74) is 1.18. The van der Waals surface area contributed by atoms with Gasteiger partial charge >= 0.3 is 0 Å². The van der Waals surface area contributed by atoms with Crippen LogP contribution in [-0.2, 0) is 14.8 Å². The number of carbonyl (C=O) groups excluding carboxylic acids is 1. The molecule has 1 aromatic rings. The predicted molar refractivity (Wildman–Crippen MR) is 92.6 cm³/mol. The van der Waals surface area contributed by atoms with Gasteiger partial charge in [0.1, 0.15) is 0 Å². The highest BCUT2D eigenvalue weighted by Crippen LogP contribution is 2.20. The molecular weight excluding hydrogens is 328 g/mol. The lowest BCUT2D eigenvalue weighted by Crippen LogP contribution is -2.36. The van der Waals surface area contributed by atoms with Crippen LogP contribution in [0.3, 0.4) is 0 Å². The molecule has 1 aliphatic carbocycles. The van der Waals surface area contributed by atoms with Crippen LogP contribution in [0.1, 0.15) is 48.0 Å². The molecule has 1 aromatic carbocycles. The van der Waals surface area contributed by atoms with E-state index in [2.05, 4.69) is 10.0 Å². The van der Waals surface area contributed by atoms with Crippen molar-refractivity contribution < 1.29 is 17.9 Å². The maximum absolute atomic E-state index is 12.5. The van der Waals surface area contributed by atoms with Gasteiger partial charge in [-0.1, -0.05) is 25.3 Å². The molecule has 1 saturated carbocycles. The third-order valence-corrected chi connectivity index (χ3v) is 5.76. The second kappa shape index (κ2) is 8.60. The van der Waals surface area contributed by atoms with Gasteiger partial charge in [0, 0.05) is 25.3 Å². The smallest absolute Gasteiger partial charge is 0.251 e. The number of hydrogen-bond acceptors (Lipinski definition) is 4. The van der Waals surface area contributed by atoms with E-state index in [0.29, 0.717) is 12.2 Å². The largest absolute Gasteiger partial charge is 0.383 e. The van der Waals surface area contributed by atoms with Crippen LogP contribution in [0.5, 0.6) is 0 Å². The third kappa shape index (κ3) is 5.03. The summed E-state index contributed by atoms with van der Waals surface area (Å²) < 4.78 is 31.9. The van der Waals surface area contributed by atoms with Crippen LogP contribution in [0.15, 0.2) is 23.1 Å². The van der Waals surface area contributed by atoms with Crippen molar-refractivity contribution in [2.75, 3.05) is 20.3 Å². The molecule has 1 aliphatic rings. The van der Waals surface area contributed by atoms with Crippen LogP contribution < -0.4 is 10.0 Å². The average Bonchev–Trinajstić information content (AvgIpc) is 2.56. The maximum Gasteiger partial charge on any atom is 0.251 e. The minimum absolute atomic E-state index is 0.0954. The van der Waals surface area contributed by atoms with E-state index in [4.69, 9.17) is 4.74 Å². The molecule has 0 aromatic heterocycles. The first-order valence-corrected chi connectivity index (χ1v) is 9.82. The van der Waals surface area contributed by atoms with Crippen LogP contribution in [0, 0.1) is 6.92 Å². The number of methoxy groups -OCH3 is 1. The first kappa shape index (κ1) is 18.9. The summed E-state index contributed by atoms with van der Waals surface area (Å²) in [6, 6.07) is 4.82. The summed E-state index contributed by atoms with van der Waals surface area (Å²) >= 11 is 0. The van der Waals surface area contributed by atoms with Gasteiger partial charge in [0.05, 0.1) is 11.5 Å². The van der Waals surface area contributed by atoms with Crippen LogP contribution >= 0.6 is 0 Å². The van der Waals surface area contributed by atoms with Gasteiger partial charge in [-0.2, -0.15) is 0 Å². The fourth-order valence-corrected chi connectivity index (χ4v) is 3.92. The van der Waals surface area contributed by atoms with E-state index < -0.39 is 10.0 Å². The third-order valence-electron chi connectivity index (χ3n) is 4.30. The topological polar surface area (TPSA) is 84.5 Å². The zero-order chi connectivity index (χ0) is 17.6. The average molecular weight is 354 g/mol. The number of rotatable bonds is 7. The quantitative estimate of drug-likeness (QED) is 0.733. The summed E-state index contributed by atoms with van der Waals surface area (Å²) in [5.74, 6) is -0.201. The van der Waals surface area contributed by atoms with Crippen molar-refractivity contribution in [2.45, 2.75) is 50.0 Å². The summed E-state index contributed by atoms with van der Waals surface area (Å²) in [6.45, 7) is 2.29. The minimum Gasteiger partial charge on any atom is -0.383 e. The molecule has 24 heavy (non-hydrogen) atoms. The van der Waals surface area contributed by atoms with Gasteiger partial charge in [0.25, 0.3) is 5.91 Å². The number of sulfonamides is 1. The molecule has 1 amide bonds. The number of benzene rings is 1. The highest BCUT2D eigenvalue weighted by atomic mass is 32.2. The molecule has 2 rings (SSSR count). The molecule has 0 heterocycles. The van der Waals surface area contributed by atoms with Crippen molar-refractivity contribution in [3.8, 4) is 0 Å². The Morgan fingerprint density at radius 2 is 1.96 bits per heavy atom. The maximum atomic E-state index is 12.5. The molecule has 7 heteroatoms. The van der Waals surface area contributed by atoms with Gasteiger partial charge in [-0.05, 0) is 37.5 Å². The van der Waals surface area contributed by atoms with E-state index >= 15 is 0 Å². The van der Waals surface area contributed by atoms with Crippen molar-refractivity contribution in [2.24, 2.45) is 0 Å². The van der Waals surface area contributed by atoms with Gasteiger partial charge in [0.15, 0.2) is 0 Å². The second-order valence-corrected chi connectivity index (χ2v) is 7.94. The molecule has 134 valence electrons. The van der Waals surface area contributed by atoms with Gasteiger partial charge in [-0.15, -0.1) is 0 Å². The van der Waals surface area contributed by atoms with E-state index in [0.717, 1.165) is 31.2 Å². The Labute approximate surface area is 144 Å². The Morgan fingerprint density at radius 1 is 1.25 bits per heavy atom. The van der Waals surface area contributed by atoms with Crippen LogP contribution in [0.4, 0.5) is 0 Å². The Morgan fingerprint density at radius 3 is 2.62 bits per heavy atom. The lowest BCUT2D eigenvalue weighted by atomic mass is 9.95. The molecule has 0 atom stereocenters. The molecule has 0 unspecified atom stereocenters. The molecule has 6 nitrogen and oxygen atoms in total.